The van der Waals surface area contributed by atoms with Crippen LogP contribution in [0.1, 0.15) is 27.2 Å². The molecule has 0 aliphatic heterocycles. The molecule has 0 saturated heterocycles. The van der Waals surface area contributed by atoms with Crippen molar-refractivity contribution in [3.05, 3.63) is 77.2 Å². The van der Waals surface area contributed by atoms with E-state index in [1.54, 1.807) is 6.07 Å². The molecule has 0 saturated carbocycles. The summed E-state index contributed by atoms with van der Waals surface area (Å²) in [6.07, 6.45) is 1.39. The highest BCUT2D eigenvalue weighted by Gasteiger charge is 2.11. The van der Waals surface area contributed by atoms with Crippen molar-refractivity contribution in [3.63, 3.8) is 0 Å². The van der Waals surface area contributed by atoms with Crippen molar-refractivity contribution in [2.24, 2.45) is 0 Å². The number of hydrogen-bond acceptors (Lipinski definition) is 4. The summed E-state index contributed by atoms with van der Waals surface area (Å²) in [5.74, 6) is 0.319. The Labute approximate surface area is 147 Å². The first-order chi connectivity index (χ1) is 12.0. The highest BCUT2D eigenvalue weighted by atomic mass is 16.1. The summed E-state index contributed by atoms with van der Waals surface area (Å²) in [4.78, 5) is 20.8. The number of aromatic nitrogens is 2. The summed E-state index contributed by atoms with van der Waals surface area (Å²) >= 11 is 0. The summed E-state index contributed by atoms with van der Waals surface area (Å²) in [6.45, 7) is 5.96. The second kappa shape index (κ2) is 7.13. The van der Waals surface area contributed by atoms with E-state index in [9.17, 15) is 4.79 Å². The number of hydrogen-bond donors (Lipinski definition) is 2. The van der Waals surface area contributed by atoms with E-state index in [0.717, 1.165) is 28.1 Å². The lowest BCUT2D eigenvalue weighted by Crippen LogP contribution is -2.15. The molecule has 5 heteroatoms. The Morgan fingerprint density at radius 1 is 0.880 bits per heavy atom. The largest absolute Gasteiger partial charge is 0.340 e. The molecule has 1 amide bonds. The topological polar surface area (TPSA) is 66.9 Å². The van der Waals surface area contributed by atoms with Gasteiger partial charge in [0.1, 0.15) is 17.8 Å². The zero-order chi connectivity index (χ0) is 17.8. The molecular formula is C20H20N4O. The number of nitrogens with one attached hydrogen (secondary N) is 2. The monoisotopic (exact) mass is 332 g/mol. The fourth-order valence-electron chi connectivity index (χ4n) is 2.46. The number of carbonyl (C=O) groups excluding carboxylic acids is 1. The molecule has 1 aromatic heterocycles. The van der Waals surface area contributed by atoms with Gasteiger partial charge < -0.3 is 10.6 Å². The first-order valence-electron chi connectivity index (χ1n) is 8.06. The smallest absolute Gasteiger partial charge is 0.274 e. The van der Waals surface area contributed by atoms with Gasteiger partial charge in [0, 0.05) is 17.4 Å². The van der Waals surface area contributed by atoms with Crippen molar-refractivity contribution >= 4 is 23.1 Å². The summed E-state index contributed by atoms with van der Waals surface area (Å²) < 4.78 is 0. The quantitative estimate of drug-likeness (QED) is 0.743. The Kier molecular flexibility index (Phi) is 4.75. The van der Waals surface area contributed by atoms with Crippen LogP contribution in [-0.2, 0) is 0 Å². The summed E-state index contributed by atoms with van der Waals surface area (Å²) in [5.41, 5.74) is 5.24. The van der Waals surface area contributed by atoms with Gasteiger partial charge in [-0.2, -0.15) is 0 Å². The molecule has 0 unspecified atom stereocenters. The molecule has 3 aromatic rings. The molecule has 0 aliphatic rings. The molecule has 0 radical (unpaired) electrons. The lowest BCUT2D eigenvalue weighted by atomic mass is 10.1. The maximum Gasteiger partial charge on any atom is 0.274 e. The summed E-state index contributed by atoms with van der Waals surface area (Å²) in [7, 11) is 0. The molecule has 0 fully saturated rings. The third kappa shape index (κ3) is 4.01. The second-order valence-corrected chi connectivity index (χ2v) is 6.00. The predicted molar refractivity (Wildman–Crippen MR) is 100 cm³/mol. The molecule has 5 nitrogen and oxygen atoms in total. The van der Waals surface area contributed by atoms with E-state index in [2.05, 4.69) is 20.6 Å². The van der Waals surface area contributed by atoms with E-state index < -0.39 is 0 Å². The number of para-hydroxylation sites is 1. The first-order valence-corrected chi connectivity index (χ1v) is 8.06. The van der Waals surface area contributed by atoms with Gasteiger partial charge in [0.25, 0.3) is 5.91 Å². The van der Waals surface area contributed by atoms with E-state index in [0.29, 0.717) is 11.5 Å². The van der Waals surface area contributed by atoms with Crippen LogP contribution in [0.2, 0.25) is 0 Å². The molecule has 126 valence electrons. The van der Waals surface area contributed by atoms with Crippen LogP contribution >= 0.6 is 0 Å². The average molecular weight is 332 g/mol. The van der Waals surface area contributed by atoms with Crippen LogP contribution in [0, 0.1) is 20.8 Å². The molecular weight excluding hydrogens is 312 g/mol. The number of benzene rings is 2. The lowest BCUT2D eigenvalue weighted by Gasteiger charge is -2.11. The van der Waals surface area contributed by atoms with E-state index in [1.807, 2.05) is 63.2 Å². The number of carbonyl (C=O) groups is 1. The molecule has 0 spiro atoms. The van der Waals surface area contributed by atoms with E-state index >= 15 is 0 Å². The number of aryl methyl sites for hydroxylation is 3. The Balaban J connectivity index is 1.80. The van der Waals surface area contributed by atoms with Crippen molar-refractivity contribution in [2.75, 3.05) is 10.6 Å². The number of rotatable bonds is 4. The Morgan fingerprint density at radius 3 is 2.44 bits per heavy atom. The zero-order valence-corrected chi connectivity index (χ0v) is 14.5. The van der Waals surface area contributed by atoms with Gasteiger partial charge in [0.2, 0.25) is 0 Å². The average Bonchev–Trinajstić information content (AvgIpc) is 2.60. The van der Waals surface area contributed by atoms with Gasteiger partial charge in [-0.05, 0) is 49.6 Å². The van der Waals surface area contributed by atoms with Gasteiger partial charge in [-0.3, -0.25) is 4.79 Å². The SMILES string of the molecule is Cc1ccc(C)c(NC(=O)c2cc(Nc3ccccc3C)ncn2)c1. The van der Waals surface area contributed by atoms with Crippen LogP contribution < -0.4 is 10.6 Å². The minimum Gasteiger partial charge on any atom is -0.340 e. The van der Waals surface area contributed by atoms with Gasteiger partial charge >= 0.3 is 0 Å². The highest BCUT2D eigenvalue weighted by Crippen LogP contribution is 2.20. The van der Waals surface area contributed by atoms with Crippen LogP contribution in [-0.4, -0.2) is 15.9 Å². The Hall–Kier alpha value is -3.21. The zero-order valence-electron chi connectivity index (χ0n) is 14.5. The maximum atomic E-state index is 12.5. The van der Waals surface area contributed by atoms with E-state index in [1.165, 1.54) is 6.33 Å². The fraction of sp³-hybridized carbons (Fsp3) is 0.150. The molecule has 2 N–H and O–H groups in total. The van der Waals surface area contributed by atoms with E-state index in [4.69, 9.17) is 0 Å². The van der Waals surface area contributed by atoms with Gasteiger partial charge in [-0.1, -0.05) is 30.3 Å². The minimum absolute atomic E-state index is 0.260. The molecule has 0 atom stereocenters. The number of nitrogens with zero attached hydrogens (tertiary/aromatic N) is 2. The molecule has 0 aliphatic carbocycles. The normalized spacial score (nSPS) is 10.4. The van der Waals surface area contributed by atoms with Crippen LogP contribution in [0.3, 0.4) is 0 Å². The first kappa shape index (κ1) is 16.6. The molecule has 2 aromatic carbocycles. The molecule has 3 rings (SSSR count). The van der Waals surface area contributed by atoms with Crippen molar-refractivity contribution in [3.8, 4) is 0 Å². The van der Waals surface area contributed by atoms with Crippen LogP contribution in [0.5, 0.6) is 0 Å². The summed E-state index contributed by atoms with van der Waals surface area (Å²) in [6, 6.07) is 15.5. The Morgan fingerprint density at radius 2 is 1.64 bits per heavy atom. The molecule has 1 heterocycles. The van der Waals surface area contributed by atoms with Gasteiger partial charge in [-0.25, -0.2) is 9.97 Å². The van der Waals surface area contributed by atoms with Crippen LogP contribution in [0.25, 0.3) is 0 Å². The standard InChI is InChI=1S/C20H20N4O/c1-13-8-9-15(3)17(10-13)24-20(25)18-11-19(22-12-21-18)23-16-7-5-4-6-14(16)2/h4-12H,1-3H3,(H,24,25)(H,21,22,23). The second-order valence-electron chi connectivity index (χ2n) is 6.00. The van der Waals surface area contributed by atoms with Crippen molar-refractivity contribution in [1.29, 1.82) is 0 Å². The number of amides is 1. The van der Waals surface area contributed by atoms with Gasteiger partial charge in [0.15, 0.2) is 0 Å². The molecule has 25 heavy (non-hydrogen) atoms. The Bertz CT molecular complexity index is 921. The molecule has 0 bridgehead atoms. The third-order valence-corrected chi connectivity index (χ3v) is 3.95. The summed E-state index contributed by atoms with van der Waals surface area (Å²) in [5, 5.41) is 6.13. The highest BCUT2D eigenvalue weighted by molar-refractivity contribution is 6.03. The van der Waals surface area contributed by atoms with Crippen LogP contribution in [0.15, 0.2) is 54.9 Å². The van der Waals surface area contributed by atoms with Crippen molar-refractivity contribution in [1.82, 2.24) is 9.97 Å². The number of anilines is 3. The van der Waals surface area contributed by atoms with E-state index in [-0.39, 0.29) is 5.91 Å². The lowest BCUT2D eigenvalue weighted by molar-refractivity contribution is 0.102. The third-order valence-electron chi connectivity index (χ3n) is 3.95. The fourth-order valence-corrected chi connectivity index (χ4v) is 2.46. The van der Waals surface area contributed by atoms with Gasteiger partial charge in [0.05, 0.1) is 0 Å². The van der Waals surface area contributed by atoms with Gasteiger partial charge in [-0.15, -0.1) is 0 Å². The predicted octanol–water partition coefficient (Wildman–Crippen LogP) is 4.40. The van der Waals surface area contributed by atoms with Crippen molar-refractivity contribution < 1.29 is 4.79 Å². The van der Waals surface area contributed by atoms with Crippen molar-refractivity contribution in [2.45, 2.75) is 20.8 Å². The maximum absolute atomic E-state index is 12.5. The van der Waals surface area contributed by atoms with Crippen LogP contribution in [0.4, 0.5) is 17.2 Å². The minimum atomic E-state index is -0.260.